The van der Waals surface area contributed by atoms with Gasteiger partial charge in [-0.05, 0) is 54.8 Å². The van der Waals surface area contributed by atoms with Crippen LogP contribution >= 0.6 is 11.8 Å². The summed E-state index contributed by atoms with van der Waals surface area (Å²) in [6, 6.07) is 12.3. The van der Waals surface area contributed by atoms with E-state index in [4.69, 9.17) is 0 Å². The molecule has 2 aromatic carbocycles. The highest BCUT2D eigenvalue weighted by Gasteiger charge is 2.41. The van der Waals surface area contributed by atoms with Gasteiger partial charge < -0.3 is 9.80 Å². The number of carbonyl (C=O) groups excluding carboxylic acids is 2. The Morgan fingerprint density at radius 3 is 2.53 bits per heavy atom. The summed E-state index contributed by atoms with van der Waals surface area (Å²) in [4.78, 5) is 39.9. The van der Waals surface area contributed by atoms with Gasteiger partial charge in [-0.25, -0.2) is 0 Å². The van der Waals surface area contributed by atoms with Crippen LogP contribution in [0.5, 0.6) is 0 Å². The summed E-state index contributed by atoms with van der Waals surface area (Å²) in [6.45, 7) is 5.03. The molecule has 2 atom stereocenters. The molecule has 0 spiro atoms. The van der Waals surface area contributed by atoms with Crippen LogP contribution in [0.4, 0.5) is 11.4 Å². The Balaban J connectivity index is 1.50. The summed E-state index contributed by atoms with van der Waals surface area (Å²) >= 11 is 1.64. The zero-order valence-corrected chi connectivity index (χ0v) is 17.7. The van der Waals surface area contributed by atoms with Crippen molar-refractivity contribution < 1.29 is 14.5 Å². The molecule has 2 aliphatic heterocycles. The number of carbonyl (C=O) groups is 2. The van der Waals surface area contributed by atoms with E-state index in [1.54, 1.807) is 28.8 Å². The Labute approximate surface area is 179 Å². The fraction of sp³-hybridized carbons (Fsp3) is 0.364. The molecule has 4 rings (SSSR count). The van der Waals surface area contributed by atoms with E-state index >= 15 is 0 Å². The van der Waals surface area contributed by atoms with Crippen molar-refractivity contribution in [1.29, 1.82) is 0 Å². The van der Waals surface area contributed by atoms with Gasteiger partial charge in [0.1, 0.15) is 5.37 Å². The van der Waals surface area contributed by atoms with Gasteiger partial charge in [-0.3, -0.25) is 19.7 Å². The maximum absolute atomic E-state index is 13.3. The molecule has 30 heavy (non-hydrogen) atoms. The van der Waals surface area contributed by atoms with Crippen molar-refractivity contribution in [2.45, 2.75) is 25.6 Å². The van der Waals surface area contributed by atoms with E-state index in [1.807, 2.05) is 36.9 Å². The predicted octanol–water partition coefficient (Wildman–Crippen LogP) is 3.84. The lowest BCUT2D eigenvalue weighted by atomic mass is 10.1. The van der Waals surface area contributed by atoms with Crippen LogP contribution in [-0.2, 0) is 9.59 Å². The standard InChI is InChI=1S/C22H23N3O4S/c1-14-3-6-19(11-15(14)2)24-13-17(12-20(24)26)21(27)23-9-10-30-22(23)16-4-7-18(8-5-16)25(28)29/h3-8,11,17,22H,9-10,12-13H2,1-2H3. The quantitative estimate of drug-likeness (QED) is 0.549. The molecule has 0 bridgehead atoms. The number of hydrogen-bond acceptors (Lipinski definition) is 5. The zero-order chi connectivity index (χ0) is 21.4. The van der Waals surface area contributed by atoms with E-state index in [2.05, 4.69) is 0 Å². The average molecular weight is 426 g/mol. The number of anilines is 1. The second-order valence-corrected chi connectivity index (χ2v) is 8.97. The number of thioether (sulfide) groups is 1. The number of nitro benzene ring substituents is 1. The Morgan fingerprint density at radius 1 is 1.13 bits per heavy atom. The van der Waals surface area contributed by atoms with Gasteiger partial charge in [-0.2, -0.15) is 0 Å². The first-order chi connectivity index (χ1) is 14.3. The van der Waals surface area contributed by atoms with E-state index in [0.717, 1.165) is 28.1 Å². The summed E-state index contributed by atoms with van der Waals surface area (Å²) in [7, 11) is 0. The number of nitro groups is 1. The molecule has 2 saturated heterocycles. The first-order valence-electron chi connectivity index (χ1n) is 9.89. The van der Waals surface area contributed by atoms with Gasteiger partial charge in [0.05, 0.1) is 10.8 Å². The normalized spacial score (nSPS) is 21.3. The SMILES string of the molecule is Cc1ccc(N2CC(C(=O)N3CCSC3c3ccc([N+](=O)[O-])cc3)CC2=O)cc1C. The summed E-state index contributed by atoms with van der Waals surface area (Å²) in [6.07, 6.45) is 0.208. The third kappa shape index (κ3) is 3.79. The lowest BCUT2D eigenvalue weighted by molar-refractivity contribution is -0.384. The second-order valence-electron chi connectivity index (χ2n) is 7.78. The third-order valence-electron chi connectivity index (χ3n) is 5.84. The molecule has 7 nitrogen and oxygen atoms in total. The minimum absolute atomic E-state index is 0.0250. The van der Waals surface area contributed by atoms with Crippen molar-refractivity contribution in [3.63, 3.8) is 0 Å². The van der Waals surface area contributed by atoms with E-state index in [-0.39, 0.29) is 35.2 Å². The molecule has 0 saturated carbocycles. The van der Waals surface area contributed by atoms with Crippen LogP contribution in [0.3, 0.4) is 0 Å². The average Bonchev–Trinajstić information content (AvgIpc) is 3.36. The van der Waals surface area contributed by atoms with Crippen LogP contribution in [0.1, 0.15) is 28.5 Å². The van der Waals surface area contributed by atoms with E-state index in [0.29, 0.717) is 13.1 Å². The summed E-state index contributed by atoms with van der Waals surface area (Å²) < 4.78 is 0. The minimum atomic E-state index is -0.431. The highest BCUT2D eigenvalue weighted by atomic mass is 32.2. The fourth-order valence-corrected chi connectivity index (χ4v) is 5.25. The van der Waals surface area contributed by atoms with E-state index in [1.165, 1.54) is 12.1 Å². The molecule has 2 aromatic rings. The smallest absolute Gasteiger partial charge is 0.269 e. The van der Waals surface area contributed by atoms with Crippen molar-refractivity contribution in [3.8, 4) is 0 Å². The van der Waals surface area contributed by atoms with Crippen LogP contribution in [0, 0.1) is 29.9 Å². The molecule has 2 amide bonds. The Hall–Kier alpha value is -2.87. The van der Waals surface area contributed by atoms with Crippen LogP contribution in [-0.4, -0.2) is 40.5 Å². The number of benzene rings is 2. The maximum Gasteiger partial charge on any atom is 0.269 e. The molecule has 8 heteroatoms. The van der Waals surface area contributed by atoms with Crippen molar-refractivity contribution >= 4 is 35.0 Å². The van der Waals surface area contributed by atoms with E-state index in [9.17, 15) is 19.7 Å². The van der Waals surface area contributed by atoms with Crippen molar-refractivity contribution in [2.75, 3.05) is 23.7 Å². The zero-order valence-electron chi connectivity index (χ0n) is 16.9. The predicted molar refractivity (Wildman–Crippen MR) is 116 cm³/mol. The van der Waals surface area contributed by atoms with E-state index < -0.39 is 4.92 Å². The van der Waals surface area contributed by atoms with Crippen molar-refractivity contribution in [3.05, 3.63) is 69.3 Å². The molecular weight excluding hydrogens is 402 g/mol. The number of non-ortho nitro benzene ring substituents is 1. The minimum Gasteiger partial charge on any atom is -0.325 e. The Morgan fingerprint density at radius 2 is 1.87 bits per heavy atom. The van der Waals surface area contributed by atoms with Gasteiger partial charge in [0, 0.05) is 43.1 Å². The molecular formula is C22H23N3O4S. The maximum atomic E-state index is 13.3. The second kappa shape index (κ2) is 8.10. The molecule has 0 aromatic heterocycles. The number of rotatable bonds is 4. The van der Waals surface area contributed by atoms with Crippen LogP contribution < -0.4 is 4.90 Å². The number of amides is 2. The summed E-state index contributed by atoms with van der Waals surface area (Å²) in [5, 5.41) is 10.7. The van der Waals surface area contributed by atoms with Gasteiger partial charge >= 0.3 is 0 Å². The van der Waals surface area contributed by atoms with Crippen LogP contribution in [0.25, 0.3) is 0 Å². The van der Waals surface area contributed by atoms with Gasteiger partial charge in [-0.15, -0.1) is 11.8 Å². The third-order valence-corrected chi connectivity index (χ3v) is 7.10. The molecule has 0 radical (unpaired) electrons. The Kier molecular flexibility index (Phi) is 5.51. The van der Waals surface area contributed by atoms with Crippen LogP contribution in [0.15, 0.2) is 42.5 Å². The highest BCUT2D eigenvalue weighted by Crippen LogP contribution is 2.40. The van der Waals surface area contributed by atoms with Crippen LogP contribution in [0.2, 0.25) is 0 Å². The first kappa shape index (κ1) is 20.4. The largest absolute Gasteiger partial charge is 0.325 e. The lowest BCUT2D eigenvalue weighted by Crippen LogP contribution is -2.37. The number of hydrogen-bond donors (Lipinski definition) is 0. The molecule has 156 valence electrons. The molecule has 2 unspecified atom stereocenters. The summed E-state index contributed by atoms with van der Waals surface area (Å²) in [5.41, 5.74) is 4.01. The summed E-state index contributed by atoms with van der Waals surface area (Å²) in [5.74, 6) is 0.367. The van der Waals surface area contributed by atoms with Gasteiger partial charge in [-0.1, -0.05) is 6.07 Å². The lowest BCUT2D eigenvalue weighted by Gasteiger charge is -2.27. The molecule has 0 N–H and O–H groups in total. The topological polar surface area (TPSA) is 83.8 Å². The molecule has 2 fully saturated rings. The fourth-order valence-electron chi connectivity index (χ4n) is 3.98. The van der Waals surface area contributed by atoms with Gasteiger partial charge in [0.25, 0.3) is 5.69 Å². The Bertz CT molecular complexity index is 1010. The van der Waals surface area contributed by atoms with Crippen molar-refractivity contribution in [2.24, 2.45) is 5.92 Å². The van der Waals surface area contributed by atoms with Gasteiger partial charge in [0.2, 0.25) is 11.8 Å². The molecule has 2 heterocycles. The first-order valence-corrected chi connectivity index (χ1v) is 10.9. The number of aryl methyl sites for hydroxylation is 2. The molecule has 0 aliphatic carbocycles. The monoisotopic (exact) mass is 425 g/mol. The van der Waals surface area contributed by atoms with Crippen molar-refractivity contribution in [1.82, 2.24) is 4.90 Å². The number of nitrogens with zero attached hydrogens (tertiary/aromatic N) is 3. The van der Waals surface area contributed by atoms with Gasteiger partial charge in [0.15, 0.2) is 0 Å². The molecule has 2 aliphatic rings. The highest BCUT2D eigenvalue weighted by molar-refractivity contribution is 7.99.